The predicted octanol–water partition coefficient (Wildman–Crippen LogP) is 2.93. The van der Waals surface area contributed by atoms with Gasteiger partial charge in [-0.1, -0.05) is 0 Å². The minimum atomic E-state index is 0.391. The Labute approximate surface area is 96.7 Å². The smallest absolute Gasteiger partial charge is 0.132 e. The number of nitrogens with zero attached hydrogens (tertiary/aromatic N) is 3. The predicted molar refractivity (Wildman–Crippen MR) is 65.4 cm³/mol. The lowest BCUT2D eigenvalue weighted by atomic mass is 10.3. The Bertz CT molecular complexity index is 473. The highest BCUT2D eigenvalue weighted by Gasteiger charge is 2.10. The third-order valence-electron chi connectivity index (χ3n) is 2.17. The second-order valence-electron chi connectivity index (χ2n) is 3.67. The van der Waals surface area contributed by atoms with Crippen LogP contribution in [0, 0.1) is 10.6 Å². The molecule has 3 nitrogen and oxygen atoms in total. The Kier molecular flexibility index (Phi) is 2.47. The molecule has 2 heterocycles. The second-order valence-corrected chi connectivity index (χ2v) is 4.69. The van der Waals surface area contributed by atoms with Gasteiger partial charge in [0, 0.05) is 17.9 Å². The lowest BCUT2D eigenvalue weighted by Gasteiger charge is -2.06. The van der Waals surface area contributed by atoms with Crippen LogP contribution in [0.1, 0.15) is 25.6 Å². The fourth-order valence-corrected chi connectivity index (χ4v) is 2.14. The van der Waals surface area contributed by atoms with Crippen LogP contribution in [-0.4, -0.2) is 14.8 Å². The second kappa shape index (κ2) is 3.49. The number of hydrogen-bond acceptors (Lipinski definition) is 2. The van der Waals surface area contributed by atoms with Crippen LogP contribution in [0.25, 0.3) is 10.9 Å². The van der Waals surface area contributed by atoms with Gasteiger partial charge in [0.1, 0.15) is 3.70 Å². The van der Waals surface area contributed by atoms with Gasteiger partial charge in [-0.3, -0.25) is 9.67 Å². The van der Waals surface area contributed by atoms with Crippen molar-refractivity contribution in [3.8, 4) is 0 Å². The summed E-state index contributed by atoms with van der Waals surface area (Å²) >= 11 is 2.25. The molecule has 0 saturated carbocycles. The summed E-state index contributed by atoms with van der Waals surface area (Å²) in [7, 11) is 0. The number of pyridine rings is 1. The van der Waals surface area contributed by atoms with Gasteiger partial charge in [-0.2, -0.15) is 5.10 Å². The lowest BCUT2D eigenvalue weighted by molar-refractivity contribution is 0.547. The van der Waals surface area contributed by atoms with Crippen LogP contribution in [0.2, 0.25) is 0 Å². The monoisotopic (exact) mass is 301 g/mol. The van der Waals surface area contributed by atoms with E-state index in [1.807, 2.05) is 17.8 Å². The molecule has 0 amide bonds. The van der Waals surface area contributed by atoms with Crippen LogP contribution in [0.4, 0.5) is 0 Å². The molecule has 0 aliphatic rings. The fourth-order valence-electron chi connectivity index (χ4n) is 1.49. The number of hydrogen-bond donors (Lipinski definition) is 0. The number of fused-ring (bicyclic) bond motifs is 1. The number of aromatic nitrogens is 3. The van der Waals surface area contributed by atoms with Crippen LogP contribution in [-0.2, 0) is 0 Å². The van der Waals surface area contributed by atoms with E-state index in [1.165, 1.54) is 5.52 Å². The van der Waals surface area contributed by atoms with Gasteiger partial charge in [0.25, 0.3) is 0 Å². The summed E-state index contributed by atoms with van der Waals surface area (Å²) in [5.74, 6) is 0. The van der Waals surface area contributed by atoms with Gasteiger partial charge in [0.05, 0.1) is 10.9 Å². The van der Waals surface area contributed by atoms with Gasteiger partial charge in [0.15, 0.2) is 0 Å². The highest BCUT2D eigenvalue weighted by atomic mass is 127. The summed E-state index contributed by atoms with van der Waals surface area (Å²) in [6.45, 7) is 6.28. The van der Waals surface area contributed by atoms with E-state index in [4.69, 9.17) is 0 Å². The molecule has 0 radical (unpaired) electrons. The maximum absolute atomic E-state index is 4.49. The summed E-state index contributed by atoms with van der Waals surface area (Å²) in [6.07, 6.45) is 1.90. The summed E-state index contributed by atoms with van der Waals surface area (Å²) < 4.78 is 3.07. The quantitative estimate of drug-likeness (QED) is 0.758. The first-order chi connectivity index (χ1) is 6.59. The van der Waals surface area contributed by atoms with Crippen molar-refractivity contribution in [1.29, 1.82) is 0 Å². The standard InChI is InChI=1S/C10H12IN3/c1-6(2)14-9-4-7(3)12-5-8(9)10(11)13-14/h4-6H,1-3H3. The molecule has 0 saturated heterocycles. The Morgan fingerprint density at radius 2 is 2.14 bits per heavy atom. The number of aryl methyl sites for hydroxylation is 1. The van der Waals surface area contributed by atoms with Crippen molar-refractivity contribution in [3.63, 3.8) is 0 Å². The maximum Gasteiger partial charge on any atom is 0.132 e. The third kappa shape index (κ3) is 1.51. The Morgan fingerprint density at radius 1 is 1.43 bits per heavy atom. The summed E-state index contributed by atoms with van der Waals surface area (Å²) in [4.78, 5) is 4.28. The molecule has 0 N–H and O–H groups in total. The molecule has 0 aromatic carbocycles. The minimum Gasteiger partial charge on any atom is -0.261 e. The van der Waals surface area contributed by atoms with Crippen LogP contribution in [0.15, 0.2) is 12.3 Å². The zero-order valence-corrected chi connectivity index (χ0v) is 10.6. The first kappa shape index (κ1) is 9.89. The zero-order valence-electron chi connectivity index (χ0n) is 8.45. The first-order valence-electron chi connectivity index (χ1n) is 4.60. The van der Waals surface area contributed by atoms with Gasteiger partial charge in [0.2, 0.25) is 0 Å². The van der Waals surface area contributed by atoms with Crippen molar-refractivity contribution >= 4 is 33.5 Å². The Morgan fingerprint density at radius 3 is 2.79 bits per heavy atom. The van der Waals surface area contributed by atoms with Crippen molar-refractivity contribution in [2.45, 2.75) is 26.8 Å². The maximum atomic E-state index is 4.49. The Hall–Kier alpha value is -0.650. The molecule has 0 atom stereocenters. The van der Waals surface area contributed by atoms with Gasteiger partial charge in [-0.15, -0.1) is 0 Å². The molecular formula is C10H12IN3. The van der Waals surface area contributed by atoms with E-state index in [2.05, 4.69) is 52.6 Å². The number of halogens is 1. The fraction of sp³-hybridized carbons (Fsp3) is 0.400. The third-order valence-corrected chi connectivity index (χ3v) is 2.97. The van der Waals surface area contributed by atoms with Gasteiger partial charge >= 0.3 is 0 Å². The largest absolute Gasteiger partial charge is 0.261 e. The molecule has 2 aromatic heterocycles. The molecule has 4 heteroatoms. The van der Waals surface area contributed by atoms with Crippen LogP contribution in [0.5, 0.6) is 0 Å². The Balaban J connectivity index is 2.79. The van der Waals surface area contributed by atoms with E-state index in [1.54, 1.807) is 0 Å². The van der Waals surface area contributed by atoms with E-state index in [0.717, 1.165) is 14.8 Å². The average Bonchev–Trinajstić information content (AvgIpc) is 2.43. The molecule has 0 bridgehead atoms. The van der Waals surface area contributed by atoms with Crippen LogP contribution in [0.3, 0.4) is 0 Å². The van der Waals surface area contributed by atoms with E-state index in [9.17, 15) is 0 Å². The van der Waals surface area contributed by atoms with Crippen molar-refractivity contribution < 1.29 is 0 Å². The summed E-state index contributed by atoms with van der Waals surface area (Å²) in [5.41, 5.74) is 2.22. The molecular weight excluding hydrogens is 289 g/mol. The van der Waals surface area contributed by atoms with Crippen LogP contribution < -0.4 is 0 Å². The summed E-state index contributed by atoms with van der Waals surface area (Å²) in [5, 5.41) is 5.64. The van der Waals surface area contributed by atoms with Crippen molar-refractivity contribution in [2.24, 2.45) is 0 Å². The van der Waals surface area contributed by atoms with Gasteiger partial charge in [-0.05, 0) is 49.4 Å². The highest BCUT2D eigenvalue weighted by molar-refractivity contribution is 14.1. The van der Waals surface area contributed by atoms with E-state index < -0.39 is 0 Å². The van der Waals surface area contributed by atoms with E-state index in [0.29, 0.717) is 6.04 Å². The van der Waals surface area contributed by atoms with E-state index >= 15 is 0 Å². The molecule has 0 fully saturated rings. The van der Waals surface area contributed by atoms with E-state index in [-0.39, 0.29) is 0 Å². The van der Waals surface area contributed by atoms with Gasteiger partial charge in [-0.25, -0.2) is 0 Å². The molecule has 74 valence electrons. The van der Waals surface area contributed by atoms with Crippen LogP contribution >= 0.6 is 22.6 Å². The van der Waals surface area contributed by atoms with Crippen molar-refractivity contribution in [1.82, 2.24) is 14.8 Å². The van der Waals surface area contributed by atoms with Gasteiger partial charge < -0.3 is 0 Å². The van der Waals surface area contributed by atoms with Crippen molar-refractivity contribution in [2.75, 3.05) is 0 Å². The molecule has 0 aliphatic heterocycles. The molecule has 0 aliphatic carbocycles. The van der Waals surface area contributed by atoms with Crippen molar-refractivity contribution in [3.05, 3.63) is 21.7 Å². The molecule has 0 unspecified atom stereocenters. The first-order valence-corrected chi connectivity index (χ1v) is 5.68. The highest BCUT2D eigenvalue weighted by Crippen LogP contribution is 2.22. The average molecular weight is 301 g/mol. The molecule has 2 rings (SSSR count). The SMILES string of the molecule is Cc1cc2c(cn1)c(I)nn2C(C)C. The normalized spacial score (nSPS) is 11.5. The summed E-state index contributed by atoms with van der Waals surface area (Å²) in [6, 6.07) is 2.48. The topological polar surface area (TPSA) is 30.7 Å². The zero-order chi connectivity index (χ0) is 10.3. The lowest BCUT2D eigenvalue weighted by Crippen LogP contribution is -2.02. The minimum absolute atomic E-state index is 0.391. The number of rotatable bonds is 1. The molecule has 2 aromatic rings. The molecule has 14 heavy (non-hydrogen) atoms. The molecule has 0 spiro atoms.